The number of hydrogen-bond acceptors (Lipinski definition) is 5. The zero-order chi connectivity index (χ0) is 20.4. The van der Waals surface area contributed by atoms with Gasteiger partial charge in [-0.25, -0.2) is 4.79 Å². The Kier molecular flexibility index (Phi) is 5.40. The van der Waals surface area contributed by atoms with Gasteiger partial charge in [-0.2, -0.15) is 0 Å². The number of Topliss-reactive ketones (excluding diaryl/α,β-unsaturated/α-hetero) is 1. The fourth-order valence-corrected chi connectivity index (χ4v) is 2.98. The summed E-state index contributed by atoms with van der Waals surface area (Å²) >= 11 is 0. The van der Waals surface area contributed by atoms with Crippen molar-refractivity contribution in [3.8, 4) is 11.5 Å². The summed E-state index contributed by atoms with van der Waals surface area (Å²) in [6, 6.07) is 10.6. The van der Waals surface area contributed by atoms with Gasteiger partial charge < -0.3 is 19.2 Å². The second kappa shape index (κ2) is 7.76. The van der Waals surface area contributed by atoms with Gasteiger partial charge >= 0.3 is 5.97 Å². The molecular weight excluding hydrogens is 358 g/mol. The van der Waals surface area contributed by atoms with Crippen LogP contribution in [-0.4, -0.2) is 37.1 Å². The number of H-pyrrole nitrogens is 1. The SMILES string of the molecule is COc1cc(OC)c2[nH]c(C(=O)O[C@H](C)C(=O)c3ccc(C)c(C)c3)cc2c1. The number of rotatable bonds is 6. The van der Waals surface area contributed by atoms with E-state index >= 15 is 0 Å². The highest BCUT2D eigenvalue weighted by molar-refractivity contribution is 6.02. The van der Waals surface area contributed by atoms with E-state index in [2.05, 4.69) is 4.98 Å². The Morgan fingerprint density at radius 3 is 2.36 bits per heavy atom. The van der Waals surface area contributed by atoms with Crippen LogP contribution < -0.4 is 9.47 Å². The third-order valence-electron chi connectivity index (χ3n) is 4.79. The van der Waals surface area contributed by atoms with E-state index < -0.39 is 12.1 Å². The van der Waals surface area contributed by atoms with Crippen LogP contribution in [0.2, 0.25) is 0 Å². The molecule has 0 fully saturated rings. The minimum atomic E-state index is -0.905. The molecule has 0 aliphatic carbocycles. The van der Waals surface area contributed by atoms with Crippen LogP contribution in [0.3, 0.4) is 0 Å². The number of aromatic nitrogens is 1. The number of ketones is 1. The molecule has 1 aromatic heterocycles. The van der Waals surface area contributed by atoms with Crippen molar-refractivity contribution in [2.45, 2.75) is 26.9 Å². The Morgan fingerprint density at radius 1 is 0.964 bits per heavy atom. The zero-order valence-corrected chi connectivity index (χ0v) is 16.6. The van der Waals surface area contributed by atoms with Crippen molar-refractivity contribution >= 4 is 22.7 Å². The van der Waals surface area contributed by atoms with Crippen molar-refractivity contribution in [3.05, 3.63) is 58.8 Å². The average molecular weight is 381 g/mol. The van der Waals surface area contributed by atoms with Crippen LogP contribution in [0.4, 0.5) is 0 Å². The number of methoxy groups -OCH3 is 2. The van der Waals surface area contributed by atoms with Gasteiger partial charge in [0.15, 0.2) is 6.10 Å². The molecular formula is C22H23NO5. The molecule has 28 heavy (non-hydrogen) atoms. The van der Waals surface area contributed by atoms with Gasteiger partial charge in [-0.3, -0.25) is 4.79 Å². The summed E-state index contributed by atoms with van der Waals surface area (Å²) in [6.07, 6.45) is -0.905. The van der Waals surface area contributed by atoms with E-state index in [9.17, 15) is 9.59 Å². The molecule has 0 aliphatic heterocycles. The number of esters is 1. The maximum absolute atomic E-state index is 12.6. The third kappa shape index (κ3) is 3.71. The van der Waals surface area contributed by atoms with Gasteiger partial charge in [0, 0.05) is 17.0 Å². The van der Waals surface area contributed by atoms with Crippen molar-refractivity contribution in [3.63, 3.8) is 0 Å². The molecule has 0 spiro atoms. The molecule has 0 saturated carbocycles. The molecule has 1 N–H and O–H groups in total. The standard InChI is InChI=1S/C22H23NO5/c1-12-6-7-15(8-13(12)2)21(24)14(3)28-22(25)18-10-16-9-17(26-4)11-19(27-5)20(16)23-18/h6-11,14,23H,1-5H3/t14-/m1/s1. The summed E-state index contributed by atoms with van der Waals surface area (Å²) in [5, 5.41) is 0.747. The lowest BCUT2D eigenvalue weighted by molar-refractivity contribution is 0.0314. The molecule has 146 valence electrons. The van der Waals surface area contributed by atoms with Gasteiger partial charge in [0.25, 0.3) is 0 Å². The van der Waals surface area contributed by atoms with Crippen LogP contribution in [0, 0.1) is 13.8 Å². The van der Waals surface area contributed by atoms with Crippen molar-refractivity contribution in [2.75, 3.05) is 14.2 Å². The normalized spacial score (nSPS) is 11.9. The number of hydrogen-bond donors (Lipinski definition) is 1. The second-order valence-electron chi connectivity index (χ2n) is 6.69. The van der Waals surface area contributed by atoms with E-state index in [0.29, 0.717) is 22.6 Å². The molecule has 1 atom stereocenters. The Morgan fingerprint density at radius 2 is 1.71 bits per heavy atom. The fourth-order valence-electron chi connectivity index (χ4n) is 2.98. The van der Waals surface area contributed by atoms with Crippen LogP contribution in [0.1, 0.15) is 38.9 Å². The van der Waals surface area contributed by atoms with Crippen LogP contribution >= 0.6 is 0 Å². The molecule has 6 heteroatoms. The van der Waals surface area contributed by atoms with Crippen molar-refractivity contribution in [1.29, 1.82) is 0 Å². The number of carbonyl (C=O) groups excluding carboxylic acids is 2. The lowest BCUT2D eigenvalue weighted by Gasteiger charge is -2.12. The smallest absolute Gasteiger partial charge is 0.355 e. The van der Waals surface area contributed by atoms with Gasteiger partial charge in [0.05, 0.1) is 19.7 Å². The average Bonchev–Trinajstić information content (AvgIpc) is 3.12. The first-order valence-corrected chi connectivity index (χ1v) is 8.91. The van der Waals surface area contributed by atoms with Crippen LogP contribution in [-0.2, 0) is 4.74 Å². The monoisotopic (exact) mass is 381 g/mol. The number of ether oxygens (including phenoxy) is 3. The predicted octanol–water partition coefficient (Wildman–Crippen LogP) is 4.23. The van der Waals surface area contributed by atoms with E-state index in [-0.39, 0.29) is 11.5 Å². The molecule has 0 radical (unpaired) electrons. The summed E-state index contributed by atoms with van der Waals surface area (Å²) in [5.41, 5.74) is 3.53. The molecule has 0 aliphatic rings. The highest BCUT2D eigenvalue weighted by atomic mass is 16.5. The lowest BCUT2D eigenvalue weighted by Crippen LogP contribution is -2.24. The number of aromatic amines is 1. The van der Waals surface area contributed by atoms with Crippen LogP contribution in [0.25, 0.3) is 10.9 Å². The molecule has 3 aromatic rings. The van der Waals surface area contributed by atoms with Gasteiger partial charge in [0.1, 0.15) is 17.2 Å². The minimum Gasteiger partial charge on any atom is -0.497 e. The maximum Gasteiger partial charge on any atom is 0.355 e. The number of nitrogens with one attached hydrogen (secondary N) is 1. The Balaban J connectivity index is 1.82. The van der Waals surface area contributed by atoms with E-state index in [4.69, 9.17) is 14.2 Å². The van der Waals surface area contributed by atoms with E-state index in [1.54, 1.807) is 38.3 Å². The Labute approximate surface area is 163 Å². The van der Waals surface area contributed by atoms with Gasteiger partial charge in [0.2, 0.25) is 5.78 Å². The number of carbonyl (C=O) groups is 2. The first kappa shape index (κ1) is 19.5. The van der Waals surface area contributed by atoms with E-state index in [1.807, 2.05) is 26.0 Å². The van der Waals surface area contributed by atoms with E-state index in [1.165, 1.54) is 7.11 Å². The van der Waals surface area contributed by atoms with Crippen molar-refractivity contribution in [2.24, 2.45) is 0 Å². The van der Waals surface area contributed by atoms with Gasteiger partial charge in [-0.05, 0) is 50.1 Å². The predicted molar refractivity (Wildman–Crippen MR) is 107 cm³/mol. The van der Waals surface area contributed by atoms with Gasteiger partial charge in [-0.1, -0.05) is 12.1 Å². The summed E-state index contributed by atoms with van der Waals surface area (Å²) in [7, 11) is 3.10. The maximum atomic E-state index is 12.6. The summed E-state index contributed by atoms with van der Waals surface area (Å²) < 4.78 is 16.0. The second-order valence-corrected chi connectivity index (χ2v) is 6.69. The van der Waals surface area contributed by atoms with E-state index in [0.717, 1.165) is 16.5 Å². The number of benzene rings is 2. The lowest BCUT2D eigenvalue weighted by atomic mass is 10.0. The summed E-state index contributed by atoms with van der Waals surface area (Å²) in [4.78, 5) is 28.2. The summed E-state index contributed by atoms with van der Waals surface area (Å²) in [6.45, 7) is 5.49. The Bertz CT molecular complexity index is 1050. The van der Waals surface area contributed by atoms with Gasteiger partial charge in [-0.15, -0.1) is 0 Å². The summed E-state index contributed by atoms with van der Waals surface area (Å²) in [5.74, 6) is 0.308. The van der Waals surface area contributed by atoms with Crippen molar-refractivity contribution < 1.29 is 23.8 Å². The third-order valence-corrected chi connectivity index (χ3v) is 4.79. The first-order valence-electron chi connectivity index (χ1n) is 8.91. The minimum absolute atomic E-state index is 0.237. The molecule has 0 unspecified atom stereocenters. The zero-order valence-electron chi connectivity index (χ0n) is 16.6. The molecule has 0 amide bonds. The fraction of sp³-hybridized carbons (Fsp3) is 0.273. The molecule has 0 bridgehead atoms. The first-order chi connectivity index (χ1) is 13.3. The van der Waals surface area contributed by atoms with Crippen LogP contribution in [0.5, 0.6) is 11.5 Å². The quantitative estimate of drug-likeness (QED) is 0.511. The molecule has 0 saturated heterocycles. The highest BCUT2D eigenvalue weighted by Crippen LogP contribution is 2.31. The largest absolute Gasteiger partial charge is 0.497 e. The number of aryl methyl sites for hydroxylation is 2. The highest BCUT2D eigenvalue weighted by Gasteiger charge is 2.22. The topological polar surface area (TPSA) is 77.6 Å². The molecule has 2 aromatic carbocycles. The molecule has 3 rings (SSSR count). The van der Waals surface area contributed by atoms with Crippen LogP contribution in [0.15, 0.2) is 36.4 Å². The number of fused-ring (bicyclic) bond motifs is 1. The molecule has 6 nitrogen and oxygen atoms in total. The molecule has 1 heterocycles. The van der Waals surface area contributed by atoms with Crippen molar-refractivity contribution in [1.82, 2.24) is 4.98 Å². The Hall–Kier alpha value is -3.28.